The van der Waals surface area contributed by atoms with E-state index in [9.17, 15) is 9.59 Å². The molecule has 1 aromatic heterocycles. The Labute approximate surface area is 124 Å². The highest BCUT2D eigenvalue weighted by Crippen LogP contribution is 2.19. The third-order valence-corrected chi connectivity index (χ3v) is 3.83. The molecule has 0 aromatic carbocycles. The molecule has 0 bridgehead atoms. The van der Waals surface area contributed by atoms with Gasteiger partial charge in [-0.2, -0.15) is 0 Å². The summed E-state index contributed by atoms with van der Waals surface area (Å²) in [6.07, 6.45) is 5.83. The van der Waals surface area contributed by atoms with Gasteiger partial charge in [0.25, 0.3) is 11.5 Å². The second kappa shape index (κ2) is 7.38. The van der Waals surface area contributed by atoms with Gasteiger partial charge in [-0.05, 0) is 31.7 Å². The smallest absolute Gasteiger partial charge is 0.251 e. The molecule has 1 amide bonds. The fourth-order valence-corrected chi connectivity index (χ4v) is 2.44. The molecule has 1 saturated carbocycles. The summed E-state index contributed by atoms with van der Waals surface area (Å²) in [7, 11) is 1.65. The Morgan fingerprint density at radius 2 is 2.14 bits per heavy atom. The molecule has 0 spiro atoms. The predicted molar refractivity (Wildman–Crippen MR) is 80.2 cm³/mol. The van der Waals surface area contributed by atoms with Gasteiger partial charge in [-0.3, -0.25) is 9.59 Å². The lowest BCUT2D eigenvalue weighted by Gasteiger charge is -2.26. The van der Waals surface area contributed by atoms with Crippen LogP contribution in [0.25, 0.3) is 0 Å². The zero-order valence-corrected chi connectivity index (χ0v) is 12.4. The number of aromatic nitrogens is 1. The van der Waals surface area contributed by atoms with Crippen molar-refractivity contribution >= 4 is 5.91 Å². The van der Waals surface area contributed by atoms with Gasteiger partial charge in [0, 0.05) is 37.5 Å². The summed E-state index contributed by atoms with van der Waals surface area (Å²) in [5.41, 5.74) is 6.02. The van der Waals surface area contributed by atoms with Crippen LogP contribution < -0.4 is 16.6 Å². The molecule has 0 unspecified atom stereocenters. The molecular weight excluding hydrogens is 270 g/mol. The first kappa shape index (κ1) is 15.7. The van der Waals surface area contributed by atoms with Crippen molar-refractivity contribution in [2.45, 2.75) is 37.8 Å². The molecule has 1 fully saturated rings. The summed E-state index contributed by atoms with van der Waals surface area (Å²) in [6.45, 7) is 0.924. The van der Waals surface area contributed by atoms with Crippen LogP contribution in [0.3, 0.4) is 0 Å². The van der Waals surface area contributed by atoms with Crippen molar-refractivity contribution in [3.05, 3.63) is 34.2 Å². The Kier molecular flexibility index (Phi) is 5.52. The highest BCUT2D eigenvalue weighted by atomic mass is 16.5. The summed E-state index contributed by atoms with van der Waals surface area (Å²) in [5, 5.41) is 2.76. The van der Waals surface area contributed by atoms with E-state index in [2.05, 4.69) is 5.32 Å². The molecule has 116 valence electrons. The summed E-state index contributed by atoms with van der Waals surface area (Å²) in [4.78, 5) is 23.3. The number of hydrogen-bond donors (Lipinski definition) is 2. The number of carbonyl (C=O) groups excluding carboxylic acids is 1. The van der Waals surface area contributed by atoms with Crippen LogP contribution in [-0.2, 0) is 11.8 Å². The highest BCUT2D eigenvalue weighted by Gasteiger charge is 2.18. The van der Waals surface area contributed by atoms with E-state index < -0.39 is 0 Å². The van der Waals surface area contributed by atoms with E-state index in [-0.39, 0.29) is 17.6 Å². The number of nitrogens with two attached hydrogens (primary N) is 1. The quantitative estimate of drug-likeness (QED) is 0.770. The van der Waals surface area contributed by atoms with Gasteiger partial charge in [0.1, 0.15) is 0 Å². The Morgan fingerprint density at radius 3 is 2.81 bits per heavy atom. The van der Waals surface area contributed by atoms with Gasteiger partial charge >= 0.3 is 0 Å². The lowest BCUT2D eigenvalue weighted by Crippen LogP contribution is -2.33. The van der Waals surface area contributed by atoms with Crippen LogP contribution in [0, 0.1) is 0 Å². The number of pyridine rings is 1. The SMILES string of the molecule is Cn1ccc(C(=O)NCCOC2CCC(N)CC2)cc1=O. The van der Waals surface area contributed by atoms with E-state index in [1.165, 1.54) is 10.6 Å². The van der Waals surface area contributed by atoms with E-state index in [4.69, 9.17) is 10.5 Å². The van der Waals surface area contributed by atoms with Crippen molar-refractivity contribution in [2.75, 3.05) is 13.2 Å². The molecule has 1 heterocycles. The van der Waals surface area contributed by atoms with Crippen LogP contribution in [0.5, 0.6) is 0 Å². The monoisotopic (exact) mass is 293 g/mol. The third kappa shape index (κ3) is 4.68. The zero-order valence-electron chi connectivity index (χ0n) is 12.4. The average molecular weight is 293 g/mol. The van der Waals surface area contributed by atoms with Crippen LogP contribution in [0.4, 0.5) is 0 Å². The normalized spacial score (nSPS) is 22.0. The lowest BCUT2D eigenvalue weighted by molar-refractivity contribution is 0.0267. The van der Waals surface area contributed by atoms with Crippen LogP contribution in [0.15, 0.2) is 23.1 Å². The summed E-state index contributed by atoms with van der Waals surface area (Å²) < 4.78 is 7.15. The molecule has 0 radical (unpaired) electrons. The molecule has 2 rings (SSSR count). The fraction of sp³-hybridized carbons (Fsp3) is 0.600. The van der Waals surface area contributed by atoms with Crippen LogP contribution in [0.1, 0.15) is 36.0 Å². The Bertz CT molecular complexity index is 533. The average Bonchev–Trinajstić information content (AvgIpc) is 2.48. The first-order chi connectivity index (χ1) is 10.1. The maximum Gasteiger partial charge on any atom is 0.251 e. The first-order valence-corrected chi connectivity index (χ1v) is 7.38. The summed E-state index contributed by atoms with van der Waals surface area (Å²) in [5.74, 6) is -0.248. The maximum absolute atomic E-state index is 11.9. The minimum Gasteiger partial charge on any atom is -0.376 e. The molecule has 3 N–H and O–H groups in total. The van der Waals surface area contributed by atoms with Gasteiger partial charge in [-0.1, -0.05) is 0 Å². The molecule has 0 atom stereocenters. The molecule has 0 saturated heterocycles. The molecular formula is C15H23N3O3. The van der Waals surface area contributed by atoms with Gasteiger partial charge in [0.2, 0.25) is 0 Å². The Morgan fingerprint density at radius 1 is 1.43 bits per heavy atom. The van der Waals surface area contributed by atoms with Crippen LogP contribution in [-0.4, -0.2) is 35.8 Å². The number of carbonyl (C=O) groups is 1. The van der Waals surface area contributed by atoms with E-state index in [1.807, 2.05) is 0 Å². The second-order valence-corrected chi connectivity index (χ2v) is 5.53. The van der Waals surface area contributed by atoms with Crippen molar-refractivity contribution in [3.8, 4) is 0 Å². The number of nitrogens with zero attached hydrogens (tertiary/aromatic N) is 1. The largest absolute Gasteiger partial charge is 0.376 e. The highest BCUT2D eigenvalue weighted by molar-refractivity contribution is 5.93. The Hall–Kier alpha value is -1.66. The van der Waals surface area contributed by atoms with Gasteiger partial charge < -0.3 is 20.4 Å². The van der Waals surface area contributed by atoms with E-state index in [1.54, 1.807) is 19.3 Å². The molecule has 0 aliphatic heterocycles. The molecule has 6 heteroatoms. The van der Waals surface area contributed by atoms with Crippen molar-refractivity contribution in [1.82, 2.24) is 9.88 Å². The second-order valence-electron chi connectivity index (χ2n) is 5.53. The summed E-state index contributed by atoms with van der Waals surface area (Å²) >= 11 is 0. The number of rotatable bonds is 5. The first-order valence-electron chi connectivity index (χ1n) is 7.38. The van der Waals surface area contributed by atoms with E-state index in [0.29, 0.717) is 24.8 Å². The molecule has 1 aliphatic rings. The van der Waals surface area contributed by atoms with Gasteiger partial charge in [-0.25, -0.2) is 0 Å². The minimum absolute atomic E-state index is 0.197. The van der Waals surface area contributed by atoms with Gasteiger partial charge in [0.15, 0.2) is 0 Å². The number of ether oxygens (including phenoxy) is 1. The third-order valence-electron chi connectivity index (χ3n) is 3.83. The zero-order chi connectivity index (χ0) is 15.2. The van der Waals surface area contributed by atoms with Crippen molar-refractivity contribution < 1.29 is 9.53 Å². The lowest BCUT2D eigenvalue weighted by atomic mass is 9.94. The summed E-state index contributed by atoms with van der Waals surface area (Å²) in [6, 6.07) is 3.27. The molecule has 21 heavy (non-hydrogen) atoms. The maximum atomic E-state index is 11.9. The number of hydrogen-bond acceptors (Lipinski definition) is 4. The topological polar surface area (TPSA) is 86.3 Å². The van der Waals surface area contributed by atoms with Crippen molar-refractivity contribution in [2.24, 2.45) is 12.8 Å². The van der Waals surface area contributed by atoms with E-state index in [0.717, 1.165) is 25.7 Å². The standard InChI is InChI=1S/C15H23N3O3/c1-18-8-6-11(10-14(18)19)15(20)17-7-9-21-13-4-2-12(16)3-5-13/h6,8,10,12-13H,2-5,7,9,16H2,1H3,(H,17,20). The number of amides is 1. The number of nitrogens with one attached hydrogen (secondary N) is 1. The number of aryl methyl sites for hydroxylation is 1. The van der Waals surface area contributed by atoms with Crippen LogP contribution in [0.2, 0.25) is 0 Å². The van der Waals surface area contributed by atoms with Crippen LogP contribution >= 0.6 is 0 Å². The Balaban J connectivity index is 1.69. The van der Waals surface area contributed by atoms with Crippen molar-refractivity contribution in [3.63, 3.8) is 0 Å². The van der Waals surface area contributed by atoms with E-state index >= 15 is 0 Å². The van der Waals surface area contributed by atoms with Crippen molar-refractivity contribution in [1.29, 1.82) is 0 Å². The molecule has 1 aliphatic carbocycles. The minimum atomic E-state index is -0.248. The molecule has 1 aromatic rings. The fourth-order valence-electron chi connectivity index (χ4n) is 2.44. The van der Waals surface area contributed by atoms with Gasteiger partial charge in [0.05, 0.1) is 12.7 Å². The molecule has 6 nitrogen and oxygen atoms in total. The predicted octanol–water partition coefficient (Wildman–Crippen LogP) is 0.402. The van der Waals surface area contributed by atoms with Gasteiger partial charge in [-0.15, -0.1) is 0 Å².